The number of alkyl halides is 1. The van der Waals surface area contributed by atoms with E-state index in [1.165, 1.54) is 11.8 Å². The molecule has 3 nitrogen and oxygen atoms in total. The number of β-amino-alcohol motifs (C(OH)–C–C–N with tert-alkyl or cyclic N) is 1. The fourth-order valence-electron chi connectivity index (χ4n) is 1.38. The Labute approximate surface area is 64.8 Å². The number of hydrogen-bond donors (Lipinski definition) is 1. The number of carbonyl (C=O) groups excluding carboxylic acids is 1. The maximum Gasteiger partial charge on any atom is 0.219 e. The van der Waals surface area contributed by atoms with Crippen molar-refractivity contribution in [3.05, 3.63) is 0 Å². The predicted molar refractivity (Wildman–Crippen MR) is 37.8 cm³/mol. The van der Waals surface area contributed by atoms with Gasteiger partial charge in [0, 0.05) is 13.5 Å². The maximum absolute atomic E-state index is 12.9. The lowest BCUT2D eigenvalue weighted by atomic mass is 10.2. The Balaban J connectivity index is 2.67. The molecule has 1 heterocycles. The van der Waals surface area contributed by atoms with Gasteiger partial charge < -0.3 is 10.0 Å². The summed E-state index contributed by atoms with van der Waals surface area (Å²) in [6, 6.07) is -0.484. The fourth-order valence-corrected chi connectivity index (χ4v) is 1.38. The largest absolute Gasteiger partial charge is 0.388 e. The number of nitrogens with zero attached hydrogens (tertiary/aromatic N) is 1. The molecule has 11 heavy (non-hydrogen) atoms. The van der Waals surface area contributed by atoms with Crippen molar-refractivity contribution in [2.24, 2.45) is 0 Å². The molecule has 0 aromatic carbocycles. The van der Waals surface area contributed by atoms with E-state index in [-0.39, 0.29) is 12.5 Å². The van der Waals surface area contributed by atoms with E-state index in [4.69, 9.17) is 5.11 Å². The van der Waals surface area contributed by atoms with E-state index < -0.39 is 18.3 Å². The van der Waals surface area contributed by atoms with Crippen LogP contribution in [0.15, 0.2) is 0 Å². The minimum atomic E-state index is -1.29. The Kier molecular flexibility index (Phi) is 2.13. The lowest BCUT2D eigenvalue weighted by Gasteiger charge is -2.18. The van der Waals surface area contributed by atoms with Crippen molar-refractivity contribution in [1.82, 2.24) is 4.90 Å². The zero-order valence-electron chi connectivity index (χ0n) is 6.62. The first kappa shape index (κ1) is 8.46. The average Bonchev–Trinajstić information content (AvgIpc) is 2.17. The van der Waals surface area contributed by atoms with E-state index in [9.17, 15) is 9.18 Å². The van der Waals surface area contributed by atoms with Gasteiger partial charge >= 0.3 is 0 Å². The van der Waals surface area contributed by atoms with Gasteiger partial charge in [-0.3, -0.25) is 4.79 Å². The van der Waals surface area contributed by atoms with Crippen LogP contribution >= 0.6 is 0 Å². The summed E-state index contributed by atoms with van der Waals surface area (Å²) in [4.78, 5) is 12.1. The van der Waals surface area contributed by atoms with Crippen molar-refractivity contribution in [3.63, 3.8) is 0 Å². The second kappa shape index (κ2) is 2.77. The lowest BCUT2D eigenvalue weighted by Crippen LogP contribution is -2.34. The number of rotatable bonds is 0. The van der Waals surface area contributed by atoms with Gasteiger partial charge in [-0.25, -0.2) is 4.39 Å². The Hall–Kier alpha value is -0.640. The molecule has 0 spiro atoms. The molecule has 1 saturated heterocycles. The van der Waals surface area contributed by atoms with E-state index in [1.54, 1.807) is 6.92 Å². The van der Waals surface area contributed by atoms with Gasteiger partial charge in [-0.1, -0.05) is 0 Å². The van der Waals surface area contributed by atoms with Crippen molar-refractivity contribution < 1.29 is 14.3 Å². The molecule has 4 heteroatoms. The Morgan fingerprint density at radius 1 is 1.73 bits per heavy atom. The molecule has 0 saturated carbocycles. The van der Waals surface area contributed by atoms with Crippen molar-refractivity contribution in [3.8, 4) is 0 Å². The van der Waals surface area contributed by atoms with Crippen LogP contribution in [-0.4, -0.2) is 40.8 Å². The molecular formula is C7H12FNO2. The Morgan fingerprint density at radius 2 is 2.27 bits per heavy atom. The van der Waals surface area contributed by atoms with Gasteiger partial charge in [0.25, 0.3) is 0 Å². The lowest BCUT2D eigenvalue weighted by molar-refractivity contribution is -0.129. The predicted octanol–water partition coefficient (Wildman–Crippen LogP) is -0.0640. The smallest absolute Gasteiger partial charge is 0.219 e. The summed E-state index contributed by atoms with van der Waals surface area (Å²) < 4.78 is 12.9. The van der Waals surface area contributed by atoms with E-state index in [0.29, 0.717) is 0 Å². The second-order valence-corrected chi connectivity index (χ2v) is 2.92. The van der Waals surface area contributed by atoms with Crippen LogP contribution in [0.1, 0.15) is 13.8 Å². The molecule has 1 aliphatic rings. The molecule has 0 aromatic heterocycles. The number of halogens is 1. The van der Waals surface area contributed by atoms with Crippen LogP contribution in [0, 0.1) is 0 Å². The van der Waals surface area contributed by atoms with Gasteiger partial charge in [0.1, 0.15) is 12.3 Å². The number of amides is 1. The zero-order valence-corrected chi connectivity index (χ0v) is 6.62. The molecule has 1 aliphatic heterocycles. The van der Waals surface area contributed by atoms with E-state index >= 15 is 0 Å². The van der Waals surface area contributed by atoms with Gasteiger partial charge in [-0.05, 0) is 6.92 Å². The summed E-state index contributed by atoms with van der Waals surface area (Å²) in [6.45, 7) is 3.10. The highest BCUT2D eigenvalue weighted by Gasteiger charge is 2.39. The third kappa shape index (κ3) is 1.35. The third-order valence-corrected chi connectivity index (χ3v) is 2.11. The fraction of sp³-hybridized carbons (Fsp3) is 0.857. The molecule has 3 atom stereocenters. The molecule has 64 valence electrons. The first-order chi connectivity index (χ1) is 5.04. The van der Waals surface area contributed by atoms with E-state index in [1.807, 2.05) is 0 Å². The van der Waals surface area contributed by atoms with Gasteiger partial charge in [-0.15, -0.1) is 0 Å². The number of carbonyl (C=O) groups is 1. The van der Waals surface area contributed by atoms with Crippen LogP contribution < -0.4 is 0 Å². The normalized spacial score (nSPS) is 37.8. The van der Waals surface area contributed by atoms with Crippen LogP contribution in [0.2, 0.25) is 0 Å². The second-order valence-electron chi connectivity index (χ2n) is 2.92. The number of aliphatic hydroxyl groups is 1. The molecule has 0 aliphatic carbocycles. The monoisotopic (exact) mass is 161 g/mol. The quantitative estimate of drug-likeness (QED) is 0.540. The van der Waals surface area contributed by atoms with Crippen LogP contribution in [0.5, 0.6) is 0 Å². The Bertz CT molecular complexity index is 174. The van der Waals surface area contributed by atoms with Gasteiger partial charge in [0.2, 0.25) is 5.91 Å². The van der Waals surface area contributed by atoms with Gasteiger partial charge in [0.15, 0.2) is 0 Å². The maximum atomic E-state index is 12.9. The van der Waals surface area contributed by atoms with E-state index in [0.717, 1.165) is 0 Å². The van der Waals surface area contributed by atoms with Crippen LogP contribution in [0.4, 0.5) is 4.39 Å². The zero-order chi connectivity index (χ0) is 8.59. The Morgan fingerprint density at radius 3 is 2.45 bits per heavy atom. The molecule has 1 fully saturated rings. The van der Waals surface area contributed by atoms with Crippen molar-refractivity contribution >= 4 is 5.91 Å². The van der Waals surface area contributed by atoms with Gasteiger partial charge in [0.05, 0.1) is 6.04 Å². The first-order valence-electron chi connectivity index (χ1n) is 3.63. The summed E-state index contributed by atoms with van der Waals surface area (Å²) in [5.74, 6) is -0.184. The molecule has 1 rings (SSSR count). The number of hydrogen-bond acceptors (Lipinski definition) is 2. The third-order valence-electron chi connectivity index (χ3n) is 2.11. The topological polar surface area (TPSA) is 40.5 Å². The van der Waals surface area contributed by atoms with Crippen molar-refractivity contribution in [1.29, 1.82) is 0 Å². The minimum absolute atomic E-state index is 0.123. The average molecular weight is 161 g/mol. The highest BCUT2D eigenvalue weighted by molar-refractivity contribution is 5.74. The molecule has 0 bridgehead atoms. The molecule has 0 radical (unpaired) electrons. The van der Waals surface area contributed by atoms with Crippen molar-refractivity contribution in [2.75, 3.05) is 6.54 Å². The summed E-state index contributed by atoms with van der Waals surface area (Å²) in [7, 11) is 0. The van der Waals surface area contributed by atoms with E-state index in [2.05, 4.69) is 0 Å². The molecule has 1 N–H and O–H groups in total. The van der Waals surface area contributed by atoms with Crippen LogP contribution in [0.3, 0.4) is 0 Å². The van der Waals surface area contributed by atoms with Crippen LogP contribution in [0.25, 0.3) is 0 Å². The molecular weight excluding hydrogens is 149 g/mol. The number of likely N-dealkylation sites (tertiary alicyclic amines) is 1. The minimum Gasteiger partial charge on any atom is -0.388 e. The summed E-state index contributed by atoms with van der Waals surface area (Å²) >= 11 is 0. The number of aliphatic hydroxyl groups excluding tert-OH is 1. The van der Waals surface area contributed by atoms with Crippen LogP contribution in [-0.2, 0) is 4.79 Å². The summed E-state index contributed by atoms with van der Waals surface area (Å²) in [5.41, 5.74) is 0. The first-order valence-corrected chi connectivity index (χ1v) is 3.63. The molecule has 0 aromatic rings. The molecule has 0 unspecified atom stereocenters. The summed E-state index contributed by atoms with van der Waals surface area (Å²) in [5, 5.41) is 9.02. The van der Waals surface area contributed by atoms with Crippen molar-refractivity contribution in [2.45, 2.75) is 32.2 Å². The van der Waals surface area contributed by atoms with Gasteiger partial charge in [-0.2, -0.15) is 0 Å². The molecule has 1 amide bonds. The standard InChI is InChI=1S/C7H12FNO2/c1-4-7(8)6(11)3-9(4)5(2)10/h4,6-7,11H,3H2,1-2H3/t4-,6+,7-/m1/s1. The highest BCUT2D eigenvalue weighted by Crippen LogP contribution is 2.20. The highest BCUT2D eigenvalue weighted by atomic mass is 19.1. The SMILES string of the molecule is CC(=O)N1C[C@H](O)[C@H](F)[C@H]1C. The summed E-state index contributed by atoms with van der Waals surface area (Å²) in [6.07, 6.45) is -2.30.